The van der Waals surface area contributed by atoms with Crippen LogP contribution in [0, 0.1) is 0 Å². The first-order valence-corrected chi connectivity index (χ1v) is 5.98. The Morgan fingerprint density at radius 2 is 1.94 bits per heavy atom. The molecule has 1 unspecified atom stereocenters. The molecule has 6 heteroatoms. The first-order valence-electron chi connectivity index (χ1n) is 5.98. The van der Waals surface area contributed by atoms with Crippen LogP contribution in [0.15, 0.2) is 0 Å². The van der Waals surface area contributed by atoms with Crippen molar-refractivity contribution in [1.29, 1.82) is 0 Å². The highest BCUT2D eigenvalue weighted by atomic mass is 16.5. The van der Waals surface area contributed by atoms with Gasteiger partial charge < -0.3 is 20.1 Å². The van der Waals surface area contributed by atoms with Gasteiger partial charge in [-0.3, -0.25) is 4.79 Å². The van der Waals surface area contributed by atoms with Gasteiger partial charge in [0.05, 0.1) is 12.5 Å². The Balaban J connectivity index is 4.46. The first kappa shape index (κ1) is 16.7. The summed E-state index contributed by atoms with van der Waals surface area (Å²) in [6, 6.07) is -0.271. The smallest absolute Gasteiger partial charge is 0.317 e. The highest BCUT2D eigenvalue weighted by Gasteiger charge is 2.26. The van der Waals surface area contributed by atoms with Crippen LogP contribution in [0.1, 0.15) is 34.1 Å². The number of carbonyl (C=O) groups is 2. The molecule has 0 aromatic rings. The molecule has 2 N–H and O–H groups in total. The van der Waals surface area contributed by atoms with Gasteiger partial charge in [-0.2, -0.15) is 0 Å². The van der Waals surface area contributed by atoms with Crippen molar-refractivity contribution in [3.63, 3.8) is 0 Å². The van der Waals surface area contributed by atoms with Gasteiger partial charge in [-0.25, -0.2) is 4.79 Å². The van der Waals surface area contributed by atoms with Crippen molar-refractivity contribution < 1.29 is 19.4 Å². The lowest BCUT2D eigenvalue weighted by atomic mass is 10.1. The van der Waals surface area contributed by atoms with E-state index in [1.807, 2.05) is 27.7 Å². The predicted molar refractivity (Wildman–Crippen MR) is 68.6 cm³/mol. The maximum absolute atomic E-state index is 12.0. The lowest BCUT2D eigenvalue weighted by molar-refractivity contribution is -0.137. The van der Waals surface area contributed by atoms with E-state index in [-0.39, 0.29) is 25.1 Å². The third kappa shape index (κ3) is 6.44. The van der Waals surface area contributed by atoms with Gasteiger partial charge in [-0.1, -0.05) is 0 Å². The van der Waals surface area contributed by atoms with Crippen LogP contribution in [0.25, 0.3) is 0 Å². The molecule has 2 amide bonds. The average Bonchev–Trinajstić information content (AvgIpc) is 2.23. The molecule has 0 rings (SSSR count). The zero-order chi connectivity index (χ0) is 14.3. The van der Waals surface area contributed by atoms with Gasteiger partial charge in [0, 0.05) is 25.7 Å². The second-order valence-electron chi connectivity index (χ2n) is 5.20. The molecule has 0 saturated carbocycles. The fraction of sp³-hybridized carbons (Fsp3) is 0.833. The number of urea groups is 1. The summed E-state index contributed by atoms with van der Waals surface area (Å²) in [5, 5.41) is 11.4. The van der Waals surface area contributed by atoms with Crippen molar-refractivity contribution in [1.82, 2.24) is 10.2 Å². The Labute approximate surface area is 108 Å². The quantitative estimate of drug-likeness (QED) is 0.754. The summed E-state index contributed by atoms with van der Waals surface area (Å²) in [7, 11) is 1.57. The van der Waals surface area contributed by atoms with Crippen LogP contribution in [-0.2, 0) is 9.53 Å². The number of methoxy groups -OCH3 is 1. The molecule has 0 fully saturated rings. The minimum absolute atomic E-state index is 0.0650. The molecule has 0 heterocycles. The molecular weight excluding hydrogens is 236 g/mol. The maximum Gasteiger partial charge on any atom is 0.317 e. The van der Waals surface area contributed by atoms with Gasteiger partial charge in [0.25, 0.3) is 0 Å². The standard InChI is InChI=1S/C12H24N2O4/c1-9(18-5)8-13-11(17)14(12(2,3)4)7-6-10(15)16/h9H,6-8H2,1-5H3,(H,13,17)(H,15,16). The number of ether oxygens (including phenoxy) is 1. The van der Waals surface area contributed by atoms with Gasteiger partial charge in [-0.15, -0.1) is 0 Å². The van der Waals surface area contributed by atoms with E-state index in [0.717, 1.165) is 0 Å². The van der Waals surface area contributed by atoms with E-state index in [1.165, 1.54) is 4.90 Å². The maximum atomic E-state index is 12.0. The lowest BCUT2D eigenvalue weighted by Crippen LogP contribution is -2.52. The summed E-state index contributed by atoms with van der Waals surface area (Å²) in [6.07, 6.45) is -0.139. The van der Waals surface area contributed by atoms with Crippen molar-refractivity contribution in [3.05, 3.63) is 0 Å². The van der Waals surface area contributed by atoms with Gasteiger partial charge in [0.15, 0.2) is 0 Å². The van der Waals surface area contributed by atoms with E-state index >= 15 is 0 Å². The van der Waals surface area contributed by atoms with Crippen molar-refractivity contribution in [2.45, 2.75) is 45.8 Å². The predicted octanol–water partition coefficient (Wildman–Crippen LogP) is 1.31. The molecule has 0 aliphatic heterocycles. The van der Waals surface area contributed by atoms with Gasteiger partial charge in [0.1, 0.15) is 0 Å². The molecular formula is C12H24N2O4. The van der Waals surface area contributed by atoms with Crippen LogP contribution in [0.4, 0.5) is 4.79 Å². The second-order valence-corrected chi connectivity index (χ2v) is 5.20. The zero-order valence-electron chi connectivity index (χ0n) is 11.8. The molecule has 18 heavy (non-hydrogen) atoms. The summed E-state index contributed by atoms with van der Waals surface area (Å²) >= 11 is 0. The Bertz CT molecular complexity index is 286. The number of nitrogens with zero attached hydrogens (tertiary/aromatic N) is 1. The van der Waals surface area contributed by atoms with Gasteiger partial charge in [0.2, 0.25) is 0 Å². The largest absolute Gasteiger partial charge is 0.481 e. The number of carbonyl (C=O) groups excluding carboxylic acids is 1. The van der Waals surface area contributed by atoms with Crippen LogP contribution in [0.2, 0.25) is 0 Å². The van der Waals surface area contributed by atoms with Crippen LogP contribution < -0.4 is 5.32 Å². The molecule has 106 valence electrons. The fourth-order valence-corrected chi connectivity index (χ4v) is 1.36. The number of carboxylic acids is 1. The number of hydrogen-bond donors (Lipinski definition) is 2. The van der Waals surface area contributed by atoms with E-state index < -0.39 is 11.5 Å². The number of hydrogen-bond acceptors (Lipinski definition) is 3. The number of rotatable bonds is 6. The molecule has 0 aliphatic rings. The topological polar surface area (TPSA) is 78.9 Å². The fourth-order valence-electron chi connectivity index (χ4n) is 1.36. The molecule has 6 nitrogen and oxygen atoms in total. The summed E-state index contributed by atoms with van der Waals surface area (Å²) < 4.78 is 5.04. The highest BCUT2D eigenvalue weighted by Crippen LogP contribution is 2.13. The number of aliphatic carboxylic acids is 1. The molecule has 0 aromatic carbocycles. The molecule has 0 spiro atoms. The monoisotopic (exact) mass is 260 g/mol. The highest BCUT2D eigenvalue weighted by molar-refractivity contribution is 5.76. The Kier molecular flexibility index (Phi) is 6.68. The van der Waals surface area contributed by atoms with Crippen molar-refractivity contribution >= 4 is 12.0 Å². The molecule has 0 aromatic heterocycles. The molecule has 0 radical (unpaired) electrons. The van der Waals surface area contributed by atoms with Crippen molar-refractivity contribution in [2.75, 3.05) is 20.2 Å². The summed E-state index contributed by atoms with van der Waals surface area (Å²) in [5.74, 6) is -0.915. The van der Waals surface area contributed by atoms with Crippen molar-refractivity contribution in [2.24, 2.45) is 0 Å². The minimum atomic E-state index is -0.915. The van der Waals surface area contributed by atoms with Crippen LogP contribution >= 0.6 is 0 Å². The van der Waals surface area contributed by atoms with Crippen LogP contribution in [0.3, 0.4) is 0 Å². The Morgan fingerprint density at radius 1 is 1.39 bits per heavy atom. The Morgan fingerprint density at radius 3 is 2.33 bits per heavy atom. The van der Waals surface area contributed by atoms with E-state index in [0.29, 0.717) is 6.54 Å². The third-order valence-corrected chi connectivity index (χ3v) is 2.55. The first-order chi connectivity index (χ1) is 8.18. The summed E-state index contributed by atoms with van der Waals surface area (Å²) in [4.78, 5) is 24.1. The van der Waals surface area contributed by atoms with Crippen molar-refractivity contribution in [3.8, 4) is 0 Å². The van der Waals surface area contributed by atoms with Gasteiger partial charge in [-0.05, 0) is 27.7 Å². The second kappa shape index (κ2) is 7.20. The molecule has 1 atom stereocenters. The lowest BCUT2D eigenvalue weighted by Gasteiger charge is -2.35. The number of nitrogens with one attached hydrogen (secondary N) is 1. The third-order valence-electron chi connectivity index (χ3n) is 2.55. The van der Waals surface area contributed by atoms with Crippen LogP contribution in [-0.4, -0.2) is 53.8 Å². The normalized spacial score (nSPS) is 12.9. The van der Waals surface area contributed by atoms with E-state index in [1.54, 1.807) is 7.11 Å². The van der Waals surface area contributed by atoms with E-state index in [4.69, 9.17) is 9.84 Å². The molecule has 0 aliphatic carbocycles. The SMILES string of the molecule is COC(C)CNC(=O)N(CCC(=O)O)C(C)(C)C. The van der Waals surface area contributed by atoms with Gasteiger partial charge >= 0.3 is 12.0 Å². The van der Waals surface area contributed by atoms with E-state index in [9.17, 15) is 9.59 Å². The number of amides is 2. The summed E-state index contributed by atoms with van der Waals surface area (Å²) in [5.41, 5.74) is -0.421. The molecule has 0 bridgehead atoms. The average molecular weight is 260 g/mol. The number of carboxylic acid groups (broad SMARTS) is 1. The zero-order valence-corrected chi connectivity index (χ0v) is 11.8. The minimum Gasteiger partial charge on any atom is -0.481 e. The molecule has 0 saturated heterocycles. The van der Waals surface area contributed by atoms with E-state index in [2.05, 4.69) is 5.32 Å². The Hall–Kier alpha value is -1.30. The van der Waals surface area contributed by atoms with Crippen LogP contribution in [0.5, 0.6) is 0 Å². The summed E-state index contributed by atoms with van der Waals surface area (Å²) in [6.45, 7) is 8.04.